The molecule has 5 nitrogen and oxygen atoms in total. The number of hydrogen-bond donors (Lipinski definition) is 1. The van der Waals surface area contributed by atoms with Crippen molar-refractivity contribution in [1.29, 1.82) is 15.8 Å². The second-order valence-corrected chi connectivity index (χ2v) is 9.82. The van der Waals surface area contributed by atoms with E-state index in [4.69, 9.17) is 10.5 Å². The van der Waals surface area contributed by atoms with Crippen LogP contribution in [-0.4, -0.2) is 0 Å². The first-order chi connectivity index (χ1) is 16.4. The molecule has 0 amide bonds. The van der Waals surface area contributed by atoms with Gasteiger partial charge >= 0.3 is 0 Å². The third-order valence-electron chi connectivity index (χ3n) is 7.08. The maximum atomic E-state index is 10.3. The first-order valence-electron chi connectivity index (χ1n) is 11.3. The van der Waals surface area contributed by atoms with E-state index in [0.29, 0.717) is 12.2 Å². The molecular weight excluding hydrogens is 488 g/mol. The van der Waals surface area contributed by atoms with Crippen molar-refractivity contribution >= 4 is 15.9 Å². The minimum Gasteiger partial charge on any atom is -0.488 e. The summed E-state index contributed by atoms with van der Waals surface area (Å²) in [7, 11) is 0. The number of nitrogens with zero attached hydrogens (tertiary/aromatic N) is 3. The van der Waals surface area contributed by atoms with Gasteiger partial charge in [-0.3, -0.25) is 0 Å². The number of halogens is 1. The number of aryl methyl sites for hydroxylation is 2. The molecule has 0 saturated carbocycles. The number of ether oxygens (including phenoxy) is 1. The van der Waals surface area contributed by atoms with Crippen LogP contribution < -0.4 is 10.5 Å². The topological polar surface area (TPSA) is 107 Å². The summed E-state index contributed by atoms with van der Waals surface area (Å²) in [5.41, 5.74) is 10.0. The molecule has 2 aliphatic rings. The lowest BCUT2D eigenvalue weighted by molar-refractivity contribution is 0.300. The normalized spacial score (nSPS) is 20.9. The zero-order valence-corrected chi connectivity index (χ0v) is 20.8. The Morgan fingerprint density at radius 2 is 1.85 bits per heavy atom. The number of allylic oxidation sites excluding steroid dienone is 4. The molecule has 0 bridgehead atoms. The van der Waals surface area contributed by atoms with Crippen LogP contribution in [0.15, 0.2) is 63.8 Å². The quantitative estimate of drug-likeness (QED) is 0.521. The van der Waals surface area contributed by atoms with Crippen LogP contribution in [-0.2, 0) is 6.61 Å². The lowest BCUT2D eigenvalue weighted by Gasteiger charge is -2.44. The van der Waals surface area contributed by atoms with Gasteiger partial charge in [-0.05, 0) is 94.9 Å². The van der Waals surface area contributed by atoms with Crippen molar-refractivity contribution in [2.45, 2.75) is 45.6 Å². The maximum absolute atomic E-state index is 10.3. The molecule has 6 heteroatoms. The van der Waals surface area contributed by atoms with E-state index in [1.54, 1.807) is 0 Å². The van der Waals surface area contributed by atoms with Gasteiger partial charge in [-0.2, -0.15) is 15.8 Å². The molecule has 4 rings (SSSR count). The average Bonchev–Trinajstić information content (AvgIpc) is 2.84. The van der Waals surface area contributed by atoms with Crippen molar-refractivity contribution in [3.05, 3.63) is 86.0 Å². The van der Waals surface area contributed by atoms with Gasteiger partial charge in [-0.1, -0.05) is 30.3 Å². The summed E-state index contributed by atoms with van der Waals surface area (Å²) in [6.07, 6.45) is 4.67. The molecule has 0 spiro atoms. The van der Waals surface area contributed by atoms with Gasteiger partial charge in [0.15, 0.2) is 5.41 Å². The Labute approximate surface area is 208 Å². The summed E-state index contributed by atoms with van der Waals surface area (Å²) >= 11 is 3.52. The third kappa shape index (κ3) is 3.77. The Bertz CT molecular complexity index is 1320. The van der Waals surface area contributed by atoms with Gasteiger partial charge < -0.3 is 10.5 Å². The van der Waals surface area contributed by atoms with E-state index in [0.717, 1.165) is 57.3 Å². The SMILES string of the molecule is Cc1cc(C)c([C@H]2[C@H]3CCCC=C3C(C#N)=C(N)C2(C#N)C#N)cc1COc1ccccc1Br. The van der Waals surface area contributed by atoms with Gasteiger partial charge in [0.05, 0.1) is 27.9 Å². The van der Waals surface area contributed by atoms with Crippen molar-refractivity contribution in [2.75, 3.05) is 0 Å². The Morgan fingerprint density at radius 1 is 1.12 bits per heavy atom. The molecule has 2 N–H and O–H groups in total. The predicted molar refractivity (Wildman–Crippen MR) is 133 cm³/mol. The largest absolute Gasteiger partial charge is 0.488 e. The minimum absolute atomic E-state index is 0.0698. The average molecular weight is 513 g/mol. The van der Waals surface area contributed by atoms with E-state index in [1.807, 2.05) is 38.1 Å². The molecule has 2 atom stereocenters. The van der Waals surface area contributed by atoms with Gasteiger partial charge in [0.25, 0.3) is 0 Å². The number of nitrogens with two attached hydrogens (primary N) is 1. The van der Waals surface area contributed by atoms with E-state index in [2.05, 4.69) is 52.3 Å². The zero-order chi connectivity index (χ0) is 24.5. The number of nitriles is 3. The molecule has 2 aromatic rings. The molecule has 0 unspecified atom stereocenters. The van der Waals surface area contributed by atoms with Crippen LogP contribution in [0.2, 0.25) is 0 Å². The maximum Gasteiger partial charge on any atom is 0.191 e. The van der Waals surface area contributed by atoms with Crippen LogP contribution in [0, 0.1) is 59.2 Å². The van der Waals surface area contributed by atoms with Gasteiger partial charge in [0.2, 0.25) is 0 Å². The summed E-state index contributed by atoms with van der Waals surface area (Å²) in [6, 6.07) is 18.5. The van der Waals surface area contributed by atoms with E-state index >= 15 is 0 Å². The Morgan fingerprint density at radius 3 is 2.53 bits per heavy atom. The summed E-state index contributed by atoms with van der Waals surface area (Å²) in [5.74, 6) is 0.163. The van der Waals surface area contributed by atoms with Crippen LogP contribution in [0.1, 0.15) is 47.4 Å². The number of benzene rings is 2. The molecule has 0 radical (unpaired) electrons. The highest BCUT2D eigenvalue weighted by molar-refractivity contribution is 9.10. The van der Waals surface area contributed by atoms with Gasteiger partial charge in [-0.25, -0.2) is 0 Å². The fourth-order valence-corrected chi connectivity index (χ4v) is 5.74. The van der Waals surface area contributed by atoms with Crippen molar-refractivity contribution in [3.8, 4) is 24.0 Å². The summed E-state index contributed by atoms with van der Waals surface area (Å²) in [5, 5.41) is 30.4. The number of rotatable bonds is 4. The van der Waals surface area contributed by atoms with Crippen molar-refractivity contribution in [2.24, 2.45) is 17.1 Å². The fraction of sp³-hybridized carbons (Fsp3) is 0.321. The smallest absolute Gasteiger partial charge is 0.191 e. The molecule has 0 fully saturated rings. The number of fused-ring (bicyclic) bond motifs is 1. The van der Waals surface area contributed by atoms with Crippen molar-refractivity contribution in [1.82, 2.24) is 0 Å². The molecule has 0 aromatic heterocycles. The fourth-order valence-electron chi connectivity index (χ4n) is 5.34. The summed E-state index contributed by atoms with van der Waals surface area (Å²) < 4.78 is 6.96. The van der Waals surface area contributed by atoms with E-state index in [9.17, 15) is 15.8 Å². The monoisotopic (exact) mass is 512 g/mol. The highest BCUT2D eigenvalue weighted by atomic mass is 79.9. The highest BCUT2D eigenvalue weighted by Gasteiger charge is 2.54. The highest BCUT2D eigenvalue weighted by Crippen LogP contribution is 2.56. The summed E-state index contributed by atoms with van der Waals surface area (Å²) in [4.78, 5) is 0. The molecular formula is C28H25BrN4O. The van der Waals surface area contributed by atoms with Crippen LogP contribution in [0.4, 0.5) is 0 Å². The predicted octanol–water partition coefficient (Wildman–Crippen LogP) is 6.24. The van der Waals surface area contributed by atoms with Gasteiger partial charge in [0.1, 0.15) is 18.4 Å². The molecule has 34 heavy (non-hydrogen) atoms. The van der Waals surface area contributed by atoms with E-state index in [-0.39, 0.29) is 11.6 Å². The van der Waals surface area contributed by atoms with Crippen LogP contribution in [0.3, 0.4) is 0 Å². The van der Waals surface area contributed by atoms with E-state index < -0.39 is 11.3 Å². The molecule has 2 aromatic carbocycles. The second-order valence-electron chi connectivity index (χ2n) is 8.96. The van der Waals surface area contributed by atoms with Gasteiger partial charge in [-0.15, -0.1) is 0 Å². The number of para-hydroxylation sites is 1. The molecule has 0 aliphatic heterocycles. The standard InChI is InChI=1S/C28H25BrN4O/c1-17-11-18(2)22(12-19(17)14-34-25-10-6-5-9-24(25)29)26-21-8-4-3-7-20(21)23(13-30)27(33)28(26,15-31)16-32/h5-7,9-12,21,26H,3-4,8,14,33H2,1-2H3/t21-,26+/m0/s1. The Balaban J connectivity index is 1.85. The lowest BCUT2D eigenvalue weighted by atomic mass is 9.56. The van der Waals surface area contributed by atoms with E-state index in [1.165, 1.54) is 0 Å². The molecule has 0 saturated heterocycles. The second kappa shape index (κ2) is 9.38. The molecule has 170 valence electrons. The van der Waals surface area contributed by atoms with Crippen LogP contribution in [0.25, 0.3) is 0 Å². The van der Waals surface area contributed by atoms with Crippen molar-refractivity contribution < 1.29 is 4.74 Å². The molecule has 2 aliphatic carbocycles. The zero-order valence-electron chi connectivity index (χ0n) is 19.2. The van der Waals surface area contributed by atoms with Crippen LogP contribution in [0.5, 0.6) is 5.75 Å². The minimum atomic E-state index is -1.61. The summed E-state index contributed by atoms with van der Waals surface area (Å²) in [6.45, 7) is 4.39. The lowest BCUT2D eigenvalue weighted by Crippen LogP contribution is -2.43. The molecule has 0 heterocycles. The van der Waals surface area contributed by atoms with Crippen molar-refractivity contribution in [3.63, 3.8) is 0 Å². The van der Waals surface area contributed by atoms with Crippen LogP contribution >= 0.6 is 15.9 Å². The first-order valence-corrected chi connectivity index (χ1v) is 12.1. The van der Waals surface area contributed by atoms with Gasteiger partial charge in [0, 0.05) is 5.92 Å². The Hall–Kier alpha value is -3.53. The first kappa shape index (κ1) is 23.6. The third-order valence-corrected chi connectivity index (χ3v) is 7.73. The Kier molecular flexibility index (Phi) is 6.52. The number of hydrogen-bond acceptors (Lipinski definition) is 5.